The lowest BCUT2D eigenvalue weighted by atomic mass is 10.2. The normalized spacial score (nSPS) is 10.5. The van der Waals surface area contributed by atoms with E-state index in [4.69, 9.17) is 0 Å². The second-order valence-electron chi connectivity index (χ2n) is 2.98. The minimum absolute atomic E-state index is 0.132. The van der Waals surface area contributed by atoms with Crippen LogP contribution in [-0.2, 0) is 7.05 Å². The van der Waals surface area contributed by atoms with Gasteiger partial charge in [0.2, 0.25) is 0 Å². The summed E-state index contributed by atoms with van der Waals surface area (Å²) in [4.78, 5) is 21.5. The van der Waals surface area contributed by atoms with Crippen molar-refractivity contribution in [2.75, 3.05) is 0 Å². The SMILES string of the molecule is Cn1nnc2ccc([N+](=O)[O-])cc2c1=O. The molecule has 0 amide bonds. The Hall–Kier alpha value is -2.31. The Balaban J connectivity index is 2.85. The quantitative estimate of drug-likeness (QED) is 0.492. The van der Waals surface area contributed by atoms with Crippen molar-refractivity contribution in [1.82, 2.24) is 15.0 Å². The molecule has 0 radical (unpaired) electrons. The molecule has 76 valence electrons. The summed E-state index contributed by atoms with van der Waals surface area (Å²) in [5.74, 6) is 0. The van der Waals surface area contributed by atoms with Gasteiger partial charge >= 0.3 is 0 Å². The molecule has 0 saturated carbocycles. The first kappa shape index (κ1) is 9.25. The molecule has 15 heavy (non-hydrogen) atoms. The van der Waals surface area contributed by atoms with Crippen LogP contribution in [0.1, 0.15) is 0 Å². The van der Waals surface area contributed by atoms with E-state index in [-0.39, 0.29) is 11.1 Å². The number of fused-ring (bicyclic) bond motifs is 1. The van der Waals surface area contributed by atoms with E-state index < -0.39 is 10.5 Å². The number of non-ortho nitro benzene ring substituents is 1. The summed E-state index contributed by atoms with van der Waals surface area (Å²) >= 11 is 0. The molecule has 1 aromatic carbocycles. The van der Waals surface area contributed by atoms with Crippen LogP contribution in [0.25, 0.3) is 10.9 Å². The topological polar surface area (TPSA) is 90.9 Å². The molecular formula is C8H6N4O3. The first-order valence-corrected chi connectivity index (χ1v) is 4.08. The van der Waals surface area contributed by atoms with E-state index in [1.54, 1.807) is 0 Å². The number of hydrogen-bond acceptors (Lipinski definition) is 5. The first-order valence-electron chi connectivity index (χ1n) is 4.08. The minimum Gasteiger partial charge on any atom is -0.267 e. The molecule has 0 unspecified atom stereocenters. The highest BCUT2D eigenvalue weighted by Crippen LogP contribution is 2.15. The van der Waals surface area contributed by atoms with Crippen LogP contribution < -0.4 is 5.56 Å². The molecule has 0 fully saturated rings. The molecule has 7 nitrogen and oxygen atoms in total. The number of hydrogen-bond donors (Lipinski definition) is 0. The van der Waals surface area contributed by atoms with E-state index >= 15 is 0 Å². The number of nitrogens with zero attached hydrogens (tertiary/aromatic N) is 4. The Kier molecular flexibility index (Phi) is 1.93. The van der Waals surface area contributed by atoms with Gasteiger partial charge in [0.1, 0.15) is 5.52 Å². The highest BCUT2D eigenvalue weighted by Gasteiger charge is 2.09. The van der Waals surface area contributed by atoms with Gasteiger partial charge in [0.25, 0.3) is 11.2 Å². The second kappa shape index (κ2) is 3.12. The van der Waals surface area contributed by atoms with Crippen LogP contribution in [0.4, 0.5) is 5.69 Å². The van der Waals surface area contributed by atoms with Gasteiger partial charge in [-0.05, 0) is 6.07 Å². The van der Waals surface area contributed by atoms with Gasteiger partial charge in [0.05, 0.1) is 10.3 Å². The molecule has 1 heterocycles. The van der Waals surface area contributed by atoms with Crippen molar-refractivity contribution in [1.29, 1.82) is 0 Å². The molecule has 7 heteroatoms. The summed E-state index contributed by atoms with van der Waals surface area (Å²) in [6.07, 6.45) is 0. The smallest absolute Gasteiger partial charge is 0.267 e. The van der Waals surface area contributed by atoms with Crippen LogP contribution in [0.2, 0.25) is 0 Å². The van der Waals surface area contributed by atoms with E-state index in [0.717, 1.165) is 4.68 Å². The van der Waals surface area contributed by atoms with Crippen molar-refractivity contribution >= 4 is 16.6 Å². The van der Waals surface area contributed by atoms with Gasteiger partial charge in [0.15, 0.2) is 0 Å². The number of nitro groups is 1. The number of nitro benzene ring substituents is 1. The van der Waals surface area contributed by atoms with Gasteiger partial charge in [-0.25, -0.2) is 4.68 Å². The van der Waals surface area contributed by atoms with Crippen molar-refractivity contribution < 1.29 is 4.92 Å². The van der Waals surface area contributed by atoms with Crippen LogP contribution in [-0.4, -0.2) is 19.9 Å². The van der Waals surface area contributed by atoms with Crippen molar-refractivity contribution in [2.24, 2.45) is 7.05 Å². The van der Waals surface area contributed by atoms with E-state index in [1.165, 1.54) is 25.2 Å². The second-order valence-corrected chi connectivity index (χ2v) is 2.98. The van der Waals surface area contributed by atoms with Crippen LogP contribution >= 0.6 is 0 Å². The van der Waals surface area contributed by atoms with E-state index in [0.29, 0.717) is 5.52 Å². The van der Waals surface area contributed by atoms with E-state index in [1.807, 2.05) is 0 Å². The average Bonchev–Trinajstić information content (AvgIpc) is 2.23. The van der Waals surface area contributed by atoms with Gasteiger partial charge in [-0.15, -0.1) is 5.10 Å². The Bertz CT molecular complexity index is 604. The highest BCUT2D eigenvalue weighted by atomic mass is 16.6. The fraction of sp³-hybridized carbons (Fsp3) is 0.125. The molecule has 0 N–H and O–H groups in total. The van der Waals surface area contributed by atoms with Crippen LogP contribution in [0, 0.1) is 10.1 Å². The fourth-order valence-electron chi connectivity index (χ4n) is 1.23. The molecule has 0 aliphatic rings. The third-order valence-electron chi connectivity index (χ3n) is 2.00. The zero-order valence-corrected chi connectivity index (χ0v) is 7.75. The van der Waals surface area contributed by atoms with Crippen molar-refractivity contribution in [2.45, 2.75) is 0 Å². The fourth-order valence-corrected chi connectivity index (χ4v) is 1.23. The van der Waals surface area contributed by atoms with E-state index in [2.05, 4.69) is 10.3 Å². The number of benzene rings is 1. The largest absolute Gasteiger partial charge is 0.277 e. The summed E-state index contributed by atoms with van der Waals surface area (Å²) in [7, 11) is 1.44. The lowest BCUT2D eigenvalue weighted by Crippen LogP contribution is -2.20. The zero-order valence-electron chi connectivity index (χ0n) is 7.75. The van der Waals surface area contributed by atoms with Crippen molar-refractivity contribution in [3.8, 4) is 0 Å². The maximum Gasteiger partial charge on any atom is 0.277 e. The van der Waals surface area contributed by atoms with Crippen LogP contribution in [0.5, 0.6) is 0 Å². The van der Waals surface area contributed by atoms with Crippen molar-refractivity contribution in [3.05, 3.63) is 38.7 Å². The lowest BCUT2D eigenvalue weighted by molar-refractivity contribution is -0.384. The maximum atomic E-state index is 11.5. The predicted molar refractivity (Wildman–Crippen MR) is 51.4 cm³/mol. The minimum atomic E-state index is -0.556. The first-order chi connectivity index (χ1) is 7.09. The molecule has 0 aliphatic carbocycles. The maximum absolute atomic E-state index is 11.5. The predicted octanol–water partition coefficient (Wildman–Crippen LogP) is 0.237. The number of rotatable bonds is 1. The lowest BCUT2D eigenvalue weighted by Gasteiger charge is -1.97. The monoisotopic (exact) mass is 206 g/mol. The summed E-state index contributed by atoms with van der Waals surface area (Å²) < 4.78 is 1.03. The highest BCUT2D eigenvalue weighted by molar-refractivity contribution is 5.79. The van der Waals surface area contributed by atoms with E-state index in [9.17, 15) is 14.9 Å². The van der Waals surface area contributed by atoms with Crippen LogP contribution in [0.15, 0.2) is 23.0 Å². The summed E-state index contributed by atoms with van der Waals surface area (Å²) in [6, 6.07) is 3.89. The Morgan fingerprint density at radius 3 is 2.87 bits per heavy atom. The van der Waals surface area contributed by atoms with Gasteiger partial charge in [-0.3, -0.25) is 14.9 Å². The summed E-state index contributed by atoms with van der Waals surface area (Å²) in [5, 5.41) is 18.0. The molecule has 2 aromatic rings. The third-order valence-corrected chi connectivity index (χ3v) is 2.00. The zero-order chi connectivity index (χ0) is 11.0. The molecule has 0 saturated heterocycles. The van der Waals surface area contributed by atoms with Gasteiger partial charge in [-0.2, -0.15) is 0 Å². The number of aryl methyl sites for hydroxylation is 1. The molecule has 0 bridgehead atoms. The standard InChI is InChI=1S/C8H6N4O3/c1-11-8(13)6-4-5(12(14)15)2-3-7(6)9-10-11/h2-4H,1H3. The van der Waals surface area contributed by atoms with Gasteiger partial charge < -0.3 is 0 Å². The molecular weight excluding hydrogens is 200 g/mol. The molecule has 0 atom stereocenters. The van der Waals surface area contributed by atoms with Gasteiger partial charge in [0, 0.05) is 19.2 Å². The third kappa shape index (κ3) is 1.43. The molecule has 0 aliphatic heterocycles. The Labute approximate surface area is 83.1 Å². The molecule has 2 rings (SSSR count). The van der Waals surface area contributed by atoms with Crippen LogP contribution in [0.3, 0.4) is 0 Å². The summed E-state index contributed by atoms with van der Waals surface area (Å²) in [5.41, 5.74) is -0.181. The Morgan fingerprint density at radius 2 is 2.20 bits per heavy atom. The van der Waals surface area contributed by atoms with Gasteiger partial charge in [-0.1, -0.05) is 5.21 Å². The Morgan fingerprint density at radius 1 is 1.47 bits per heavy atom. The number of aromatic nitrogens is 3. The summed E-state index contributed by atoms with van der Waals surface area (Å²) in [6.45, 7) is 0. The average molecular weight is 206 g/mol. The van der Waals surface area contributed by atoms with Crippen molar-refractivity contribution in [3.63, 3.8) is 0 Å². The molecule has 0 spiro atoms. The molecule has 1 aromatic heterocycles.